The molecule has 0 aliphatic heterocycles. The molecule has 1 nitrogen and oxygen atoms in total. The Hall–Kier alpha value is -2.82. The summed E-state index contributed by atoms with van der Waals surface area (Å²) >= 11 is 0. The molecule has 0 atom stereocenters. The molecule has 0 heterocycles. The maximum absolute atomic E-state index is 12.8. The molecule has 25 heavy (non-hydrogen) atoms. The molecule has 3 rings (SSSR count). The van der Waals surface area contributed by atoms with Gasteiger partial charge in [-0.3, -0.25) is 0 Å². The third-order valence-electron chi connectivity index (χ3n) is 3.72. The van der Waals surface area contributed by atoms with E-state index >= 15 is 0 Å². The SMILES string of the molecule is Fc1ccc(OCc2ccc(-c3ccc(C(F)(F)F)cc3)cc2)cc1. The van der Waals surface area contributed by atoms with Crippen molar-refractivity contribution in [3.05, 3.63) is 89.7 Å². The van der Waals surface area contributed by atoms with Gasteiger partial charge in [0.05, 0.1) is 5.56 Å². The zero-order valence-corrected chi connectivity index (χ0v) is 13.1. The second kappa shape index (κ2) is 6.97. The average molecular weight is 346 g/mol. The highest BCUT2D eigenvalue weighted by molar-refractivity contribution is 5.64. The van der Waals surface area contributed by atoms with E-state index in [2.05, 4.69) is 0 Å². The Labute approximate surface area is 142 Å². The molecule has 0 fully saturated rings. The molecule has 3 aromatic carbocycles. The number of hydrogen-bond donors (Lipinski definition) is 0. The number of benzene rings is 3. The fourth-order valence-electron chi connectivity index (χ4n) is 2.34. The Bertz CT molecular complexity index is 820. The van der Waals surface area contributed by atoms with Gasteiger partial charge in [0.25, 0.3) is 0 Å². The Balaban J connectivity index is 1.66. The van der Waals surface area contributed by atoms with Crippen LogP contribution in [0, 0.1) is 5.82 Å². The molecule has 5 heteroatoms. The first-order valence-electron chi connectivity index (χ1n) is 7.57. The van der Waals surface area contributed by atoms with Crippen molar-refractivity contribution in [1.29, 1.82) is 0 Å². The van der Waals surface area contributed by atoms with Gasteiger partial charge in [-0.1, -0.05) is 36.4 Å². The van der Waals surface area contributed by atoms with Gasteiger partial charge in [-0.15, -0.1) is 0 Å². The van der Waals surface area contributed by atoms with Crippen molar-refractivity contribution >= 4 is 0 Å². The summed E-state index contributed by atoms with van der Waals surface area (Å²) in [5, 5.41) is 0. The maximum Gasteiger partial charge on any atom is 0.416 e. The average Bonchev–Trinajstić information content (AvgIpc) is 2.61. The topological polar surface area (TPSA) is 9.23 Å². The van der Waals surface area contributed by atoms with E-state index in [0.29, 0.717) is 17.9 Å². The second-order valence-corrected chi connectivity index (χ2v) is 5.51. The molecule has 0 aliphatic rings. The van der Waals surface area contributed by atoms with Gasteiger partial charge in [0.15, 0.2) is 0 Å². The van der Waals surface area contributed by atoms with E-state index < -0.39 is 11.7 Å². The number of ether oxygens (including phenoxy) is 1. The maximum atomic E-state index is 12.8. The summed E-state index contributed by atoms with van der Waals surface area (Å²) in [6, 6.07) is 18.1. The van der Waals surface area contributed by atoms with E-state index in [9.17, 15) is 17.6 Å². The molecule has 0 bridgehead atoms. The molecule has 0 radical (unpaired) electrons. The van der Waals surface area contributed by atoms with Crippen LogP contribution in [0.25, 0.3) is 11.1 Å². The van der Waals surface area contributed by atoms with Crippen LogP contribution >= 0.6 is 0 Å². The van der Waals surface area contributed by atoms with Crippen LogP contribution in [0.4, 0.5) is 17.6 Å². The van der Waals surface area contributed by atoms with Crippen molar-refractivity contribution < 1.29 is 22.3 Å². The number of rotatable bonds is 4. The van der Waals surface area contributed by atoms with E-state index in [1.807, 2.05) is 24.3 Å². The molecule has 0 unspecified atom stereocenters. The first-order valence-corrected chi connectivity index (χ1v) is 7.57. The van der Waals surface area contributed by atoms with Crippen LogP contribution in [-0.2, 0) is 12.8 Å². The number of halogens is 4. The Morgan fingerprint density at radius 2 is 1.20 bits per heavy atom. The molecule has 3 aromatic rings. The van der Waals surface area contributed by atoms with Crippen molar-refractivity contribution in [2.24, 2.45) is 0 Å². The number of hydrogen-bond acceptors (Lipinski definition) is 1. The van der Waals surface area contributed by atoms with Gasteiger partial charge in [0.1, 0.15) is 18.2 Å². The van der Waals surface area contributed by atoms with Crippen molar-refractivity contribution in [3.8, 4) is 16.9 Å². The lowest BCUT2D eigenvalue weighted by molar-refractivity contribution is -0.137. The zero-order chi connectivity index (χ0) is 17.9. The predicted octanol–water partition coefficient (Wildman–Crippen LogP) is 6.09. The summed E-state index contributed by atoms with van der Waals surface area (Å²) < 4.78 is 56.1. The summed E-state index contributed by atoms with van der Waals surface area (Å²) in [7, 11) is 0. The van der Waals surface area contributed by atoms with Crippen LogP contribution in [0.1, 0.15) is 11.1 Å². The highest BCUT2D eigenvalue weighted by Gasteiger charge is 2.29. The Kier molecular flexibility index (Phi) is 4.74. The largest absolute Gasteiger partial charge is 0.489 e. The molecule has 0 N–H and O–H groups in total. The van der Waals surface area contributed by atoms with Gasteiger partial charge in [-0.2, -0.15) is 13.2 Å². The lowest BCUT2D eigenvalue weighted by Crippen LogP contribution is -2.03. The Morgan fingerprint density at radius 3 is 1.72 bits per heavy atom. The molecular weight excluding hydrogens is 332 g/mol. The van der Waals surface area contributed by atoms with Crippen molar-refractivity contribution in [2.45, 2.75) is 12.8 Å². The lowest BCUT2D eigenvalue weighted by Gasteiger charge is -2.09. The van der Waals surface area contributed by atoms with Crippen LogP contribution < -0.4 is 4.74 Å². The van der Waals surface area contributed by atoms with Crippen molar-refractivity contribution in [3.63, 3.8) is 0 Å². The minimum absolute atomic E-state index is 0.318. The molecule has 0 saturated heterocycles. The number of alkyl halides is 3. The van der Waals surface area contributed by atoms with Crippen molar-refractivity contribution in [2.75, 3.05) is 0 Å². The monoisotopic (exact) mass is 346 g/mol. The first kappa shape index (κ1) is 17.0. The minimum atomic E-state index is -4.33. The first-order chi connectivity index (χ1) is 11.9. The predicted molar refractivity (Wildman–Crippen MR) is 87.6 cm³/mol. The molecule has 0 aliphatic carbocycles. The van der Waals surface area contributed by atoms with Gasteiger partial charge in [0, 0.05) is 0 Å². The second-order valence-electron chi connectivity index (χ2n) is 5.51. The molecule has 0 amide bonds. The molecule has 128 valence electrons. The van der Waals surface area contributed by atoms with Gasteiger partial charge >= 0.3 is 6.18 Å². The molecule has 0 spiro atoms. The summed E-state index contributed by atoms with van der Waals surface area (Å²) in [5.74, 6) is 0.237. The summed E-state index contributed by atoms with van der Waals surface area (Å²) in [4.78, 5) is 0. The Morgan fingerprint density at radius 1 is 0.680 bits per heavy atom. The highest BCUT2D eigenvalue weighted by atomic mass is 19.4. The standard InChI is InChI=1S/C20H14F4O/c21-18-9-11-19(12-10-18)25-13-14-1-3-15(4-2-14)16-5-7-17(8-6-16)20(22,23)24/h1-12H,13H2. The van der Waals surface area contributed by atoms with Gasteiger partial charge in [-0.05, 0) is 53.1 Å². The van der Waals surface area contributed by atoms with E-state index in [4.69, 9.17) is 4.74 Å². The van der Waals surface area contributed by atoms with Crippen LogP contribution in [0.5, 0.6) is 5.75 Å². The lowest BCUT2D eigenvalue weighted by atomic mass is 10.0. The molecular formula is C20H14F4O. The van der Waals surface area contributed by atoms with E-state index in [1.54, 1.807) is 12.1 Å². The summed E-state index contributed by atoms with van der Waals surface area (Å²) in [6.45, 7) is 0.318. The summed E-state index contributed by atoms with van der Waals surface area (Å²) in [5.41, 5.74) is 1.76. The smallest absolute Gasteiger partial charge is 0.416 e. The highest BCUT2D eigenvalue weighted by Crippen LogP contribution is 2.31. The minimum Gasteiger partial charge on any atom is -0.489 e. The molecule has 0 saturated carbocycles. The molecule has 0 aromatic heterocycles. The van der Waals surface area contributed by atoms with E-state index in [1.165, 1.54) is 24.3 Å². The van der Waals surface area contributed by atoms with Crippen LogP contribution in [0.2, 0.25) is 0 Å². The van der Waals surface area contributed by atoms with E-state index in [0.717, 1.165) is 23.3 Å². The normalized spacial score (nSPS) is 11.4. The quantitative estimate of drug-likeness (QED) is 0.519. The third kappa shape index (κ3) is 4.38. The third-order valence-corrected chi connectivity index (χ3v) is 3.72. The zero-order valence-electron chi connectivity index (χ0n) is 13.1. The van der Waals surface area contributed by atoms with Gasteiger partial charge < -0.3 is 4.74 Å². The fraction of sp³-hybridized carbons (Fsp3) is 0.100. The fourth-order valence-corrected chi connectivity index (χ4v) is 2.34. The van der Waals surface area contributed by atoms with Crippen LogP contribution in [-0.4, -0.2) is 0 Å². The summed E-state index contributed by atoms with van der Waals surface area (Å²) in [6.07, 6.45) is -4.33. The van der Waals surface area contributed by atoms with E-state index in [-0.39, 0.29) is 5.82 Å². The van der Waals surface area contributed by atoms with Crippen LogP contribution in [0.3, 0.4) is 0 Å². The van der Waals surface area contributed by atoms with Crippen molar-refractivity contribution in [1.82, 2.24) is 0 Å². The van der Waals surface area contributed by atoms with Gasteiger partial charge in [0.2, 0.25) is 0 Å². The van der Waals surface area contributed by atoms with Gasteiger partial charge in [-0.25, -0.2) is 4.39 Å². The van der Waals surface area contributed by atoms with Crippen LogP contribution in [0.15, 0.2) is 72.8 Å².